The van der Waals surface area contributed by atoms with E-state index in [9.17, 15) is 29.1 Å². The van der Waals surface area contributed by atoms with Crippen LogP contribution in [0.25, 0.3) is 0 Å². The quantitative estimate of drug-likeness (QED) is 0.148. The van der Waals surface area contributed by atoms with Gasteiger partial charge in [0.2, 0.25) is 17.7 Å². The lowest BCUT2D eigenvalue weighted by atomic mass is 9.89. The number of likely N-dealkylation sites (tertiary alicyclic amines) is 1. The molecule has 1 aliphatic heterocycles. The Morgan fingerprint density at radius 2 is 1.53 bits per heavy atom. The van der Waals surface area contributed by atoms with Crippen LogP contribution in [0.1, 0.15) is 79.7 Å². The van der Waals surface area contributed by atoms with Crippen molar-refractivity contribution >= 4 is 29.6 Å². The maximum absolute atomic E-state index is 14.2. The molecule has 0 saturated carbocycles. The predicted molar refractivity (Wildman–Crippen MR) is 204 cm³/mol. The summed E-state index contributed by atoms with van der Waals surface area (Å²) in [5.74, 6) is -3.06. The third-order valence-corrected chi connectivity index (χ3v) is 11.0. The van der Waals surface area contributed by atoms with Gasteiger partial charge in [0.25, 0.3) is 0 Å². The highest BCUT2D eigenvalue weighted by molar-refractivity contribution is 5.90. The van der Waals surface area contributed by atoms with Crippen molar-refractivity contribution in [3.63, 3.8) is 0 Å². The Bertz CT molecular complexity index is 1330. The highest BCUT2D eigenvalue weighted by Gasteiger charge is 2.46. The first kappa shape index (κ1) is 45.8. The number of hydrogen-bond acceptors (Lipinski definition) is 8. The average Bonchev–Trinajstić information content (AvgIpc) is 3.59. The van der Waals surface area contributed by atoms with E-state index in [4.69, 9.17) is 9.47 Å². The first-order valence-electron chi connectivity index (χ1n) is 19.2. The van der Waals surface area contributed by atoms with Crippen LogP contribution in [0.4, 0.5) is 0 Å². The number of carboxylic acids is 1. The normalized spacial score (nSPS) is 20.6. The summed E-state index contributed by atoms with van der Waals surface area (Å²) in [4.78, 5) is 71.6. The topological polar surface area (TPSA) is 159 Å². The second kappa shape index (κ2) is 21.5. The van der Waals surface area contributed by atoms with Gasteiger partial charge in [-0.1, -0.05) is 85.2 Å². The molecule has 10 atom stereocenters. The molecular weight excluding hydrogens is 678 g/mol. The number of benzene rings is 1. The smallest absolute Gasteiger partial charge is 0.326 e. The zero-order valence-corrected chi connectivity index (χ0v) is 34.2. The molecule has 1 aliphatic rings. The molecule has 1 fully saturated rings. The maximum Gasteiger partial charge on any atom is 0.326 e. The van der Waals surface area contributed by atoms with Gasteiger partial charge in [-0.3, -0.25) is 24.2 Å². The van der Waals surface area contributed by atoms with E-state index in [0.29, 0.717) is 17.9 Å². The minimum atomic E-state index is -1.13. The summed E-state index contributed by atoms with van der Waals surface area (Å²) in [7, 11) is 8.48. The molecule has 1 aromatic carbocycles. The van der Waals surface area contributed by atoms with E-state index in [1.807, 2.05) is 90.9 Å². The predicted octanol–water partition coefficient (Wildman–Crippen LogP) is 2.03. The lowest BCUT2D eigenvalue weighted by Gasteiger charge is -2.40. The zero-order valence-electron chi connectivity index (χ0n) is 34.2. The Balaban J connectivity index is 2.27. The van der Waals surface area contributed by atoms with Crippen LogP contribution in [0, 0.1) is 23.7 Å². The van der Waals surface area contributed by atoms with Gasteiger partial charge in [-0.15, -0.1) is 0 Å². The molecular formula is C40H68N5O8+. The molecule has 2 rings (SSSR count). The van der Waals surface area contributed by atoms with Gasteiger partial charge < -0.3 is 30.1 Å². The fourth-order valence-electron chi connectivity index (χ4n) is 7.95. The Hall–Kier alpha value is -3.39. The van der Waals surface area contributed by atoms with Crippen LogP contribution < -0.4 is 15.5 Å². The van der Waals surface area contributed by atoms with Crippen LogP contribution in [-0.4, -0.2) is 129 Å². The van der Waals surface area contributed by atoms with Crippen molar-refractivity contribution in [2.24, 2.45) is 23.7 Å². The second-order valence-electron chi connectivity index (χ2n) is 15.7. The zero-order chi connectivity index (χ0) is 40.2. The van der Waals surface area contributed by atoms with Crippen molar-refractivity contribution in [2.75, 3.05) is 41.9 Å². The molecule has 13 heteroatoms. The third-order valence-electron chi connectivity index (χ3n) is 11.0. The van der Waals surface area contributed by atoms with Crippen LogP contribution in [0.2, 0.25) is 0 Å². The van der Waals surface area contributed by atoms with E-state index in [2.05, 4.69) is 10.6 Å². The summed E-state index contributed by atoms with van der Waals surface area (Å²) in [6.07, 6.45) is 1.00. The first-order valence-corrected chi connectivity index (χ1v) is 19.2. The van der Waals surface area contributed by atoms with Gasteiger partial charge in [-0.25, -0.2) is 9.59 Å². The second-order valence-corrected chi connectivity index (χ2v) is 15.7. The number of hydrogen-bond donors (Lipinski definition) is 4. The lowest BCUT2D eigenvalue weighted by Crippen LogP contribution is -3.17. The number of carbonyl (C=O) groups excluding carboxylic acids is 4. The monoisotopic (exact) mass is 747 g/mol. The number of quaternary nitrogens is 1. The van der Waals surface area contributed by atoms with Gasteiger partial charge in [0.05, 0.1) is 37.1 Å². The molecule has 4 amide bonds. The highest BCUT2D eigenvalue weighted by Crippen LogP contribution is 2.24. The fourth-order valence-corrected chi connectivity index (χ4v) is 7.95. The van der Waals surface area contributed by atoms with Crippen molar-refractivity contribution in [3.8, 4) is 0 Å². The maximum atomic E-state index is 14.2. The van der Waals surface area contributed by atoms with E-state index in [-0.39, 0.29) is 54.4 Å². The van der Waals surface area contributed by atoms with Gasteiger partial charge in [-0.05, 0) is 37.4 Å². The van der Waals surface area contributed by atoms with Gasteiger partial charge in [-0.2, -0.15) is 0 Å². The molecule has 300 valence electrons. The molecule has 0 spiro atoms. The molecule has 1 heterocycles. The van der Waals surface area contributed by atoms with Crippen LogP contribution in [0.3, 0.4) is 0 Å². The molecule has 1 saturated heterocycles. The SMILES string of the molecule is CC[C@H](C)[C@@H]([C@@H](CC(=O)[NH+]1CCC[C@H]1[C@H](OC)[C@@H](C)C(=O)N[C@@H](Cc1ccccc1)C(=O)O)OC)N(C)C(=O)[C@@H](NC(=O)[C@H](C(C)C)N(C)C)C(C)C. The van der Waals surface area contributed by atoms with Gasteiger partial charge in [0.15, 0.2) is 0 Å². The number of methoxy groups -OCH3 is 2. The molecule has 0 bridgehead atoms. The number of amides is 4. The molecule has 1 unspecified atom stereocenters. The van der Waals surface area contributed by atoms with Crippen LogP contribution in [-0.2, 0) is 39.9 Å². The van der Waals surface area contributed by atoms with E-state index >= 15 is 0 Å². The van der Waals surface area contributed by atoms with E-state index in [0.717, 1.165) is 18.4 Å². The van der Waals surface area contributed by atoms with Crippen molar-refractivity contribution in [1.82, 2.24) is 20.4 Å². The van der Waals surface area contributed by atoms with E-state index in [1.165, 1.54) is 7.11 Å². The number of carbonyl (C=O) groups is 5. The van der Waals surface area contributed by atoms with Crippen LogP contribution >= 0.6 is 0 Å². The Kier molecular flexibility index (Phi) is 18.6. The van der Waals surface area contributed by atoms with Crippen molar-refractivity contribution in [3.05, 3.63) is 35.9 Å². The summed E-state index contributed by atoms with van der Waals surface area (Å²) in [6, 6.07) is 6.02. The number of rotatable bonds is 21. The van der Waals surface area contributed by atoms with Crippen LogP contribution in [0.15, 0.2) is 30.3 Å². The molecule has 1 aromatic rings. The minimum absolute atomic E-state index is 0.0267. The molecule has 13 nitrogen and oxygen atoms in total. The van der Waals surface area contributed by atoms with Gasteiger partial charge in [0.1, 0.15) is 24.2 Å². The first-order chi connectivity index (χ1) is 24.9. The summed E-state index contributed by atoms with van der Waals surface area (Å²) < 4.78 is 11.9. The number of nitrogens with one attached hydrogen (secondary N) is 3. The average molecular weight is 747 g/mol. The summed E-state index contributed by atoms with van der Waals surface area (Å²) in [5.41, 5.74) is 0.789. The molecule has 0 aromatic heterocycles. The summed E-state index contributed by atoms with van der Waals surface area (Å²) in [6.45, 7) is 14.1. The largest absolute Gasteiger partial charge is 0.480 e. The van der Waals surface area contributed by atoms with Crippen molar-refractivity contribution in [1.29, 1.82) is 0 Å². The Labute approximate surface area is 317 Å². The van der Waals surface area contributed by atoms with E-state index < -0.39 is 54.2 Å². The van der Waals surface area contributed by atoms with Crippen molar-refractivity contribution in [2.45, 2.75) is 123 Å². The van der Waals surface area contributed by atoms with E-state index in [1.54, 1.807) is 26.0 Å². The molecule has 4 N–H and O–H groups in total. The minimum Gasteiger partial charge on any atom is -0.480 e. The van der Waals surface area contributed by atoms with Crippen LogP contribution in [0.5, 0.6) is 0 Å². The molecule has 0 radical (unpaired) electrons. The standard InChI is InChI=1S/C40H67N5O8/c1-13-26(6)35(44(10)39(49)33(24(2)3)42-38(48)34(25(4)5)43(8)9)31(52-11)23-32(46)45-21-17-20-30(45)36(53-12)27(7)37(47)41-29(40(50)51)22-28-18-15-14-16-19-28/h14-16,18-19,24-27,29-31,33-36H,13,17,20-23H2,1-12H3,(H,41,47)(H,42,48)(H,50,51)/p+1/t26-,27+,29-,30-,31+,33-,34-,35-,36+/m0/s1. The third kappa shape index (κ3) is 12.3. The Morgan fingerprint density at radius 1 is 0.906 bits per heavy atom. The fraction of sp³-hybridized carbons (Fsp3) is 0.725. The Morgan fingerprint density at radius 3 is 2.02 bits per heavy atom. The number of ether oxygens (including phenoxy) is 2. The number of aliphatic carboxylic acids is 1. The number of carboxylic acid groups (broad SMARTS) is 1. The molecule has 0 aliphatic carbocycles. The van der Waals surface area contributed by atoms with Gasteiger partial charge >= 0.3 is 11.9 Å². The summed E-state index contributed by atoms with van der Waals surface area (Å²) in [5, 5.41) is 15.6. The highest BCUT2D eigenvalue weighted by atomic mass is 16.5. The lowest BCUT2D eigenvalue weighted by molar-refractivity contribution is -0.839. The number of nitrogens with zero attached hydrogens (tertiary/aromatic N) is 2. The van der Waals surface area contributed by atoms with Gasteiger partial charge in [0, 0.05) is 40.5 Å². The number of likely N-dealkylation sites (N-methyl/N-ethyl adjacent to an activating group) is 2. The molecule has 53 heavy (non-hydrogen) atoms. The summed E-state index contributed by atoms with van der Waals surface area (Å²) >= 11 is 0. The van der Waals surface area contributed by atoms with Crippen molar-refractivity contribution < 1.29 is 43.5 Å².